The molecule has 0 aliphatic carbocycles. The first-order chi connectivity index (χ1) is 11.6. The van der Waals surface area contributed by atoms with Gasteiger partial charge in [0.2, 0.25) is 11.8 Å². The summed E-state index contributed by atoms with van der Waals surface area (Å²) in [6.45, 7) is 5.07. The number of likely N-dealkylation sites (tertiary alicyclic amines) is 1. The molecule has 0 aromatic carbocycles. The number of hydrogen-bond acceptors (Lipinski definition) is 3. The molecule has 3 rings (SSSR count). The molecule has 2 aromatic rings. The van der Waals surface area contributed by atoms with Gasteiger partial charge in [0.05, 0.1) is 18.2 Å². The lowest BCUT2D eigenvalue weighted by molar-refractivity contribution is -0.130. The maximum Gasteiger partial charge on any atom is 0.225 e. The third-order valence-corrected chi connectivity index (χ3v) is 4.63. The van der Waals surface area contributed by atoms with Crippen molar-refractivity contribution >= 4 is 17.5 Å². The van der Waals surface area contributed by atoms with Crippen LogP contribution in [0.4, 0.5) is 0 Å². The number of carbonyl (C=O) groups is 2. The fourth-order valence-corrected chi connectivity index (χ4v) is 3.30. The first-order valence-corrected chi connectivity index (χ1v) is 8.58. The van der Waals surface area contributed by atoms with Crippen molar-refractivity contribution in [2.75, 3.05) is 6.54 Å². The molecule has 1 aliphatic rings. The van der Waals surface area contributed by atoms with Crippen LogP contribution in [-0.2, 0) is 16.1 Å². The molecule has 0 bridgehead atoms. The van der Waals surface area contributed by atoms with Gasteiger partial charge in [-0.15, -0.1) is 0 Å². The fraction of sp³-hybridized carbons (Fsp3) is 0.500. The smallest absolute Gasteiger partial charge is 0.225 e. The predicted octanol–water partition coefficient (Wildman–Crippen LogP) is 1.99. The van der Waals surface area contributed by atoms with Crippen LogP contribution in [-0.4, -0.2) is 38.7 Å². The van der Waals surface area contributed by atoms with Crippen LogP contribution in [0.2, 0.25) is 0 Å². The van der Waals surface area contributed by atoms with E-state index >= 15 is 0 Å². The number of rotatable bonds is 6. The van der Waals surface area contributed by atoms with Gasteiger partial charge in [-0.25, -0.2) is 4.98 Å². The van der Waals surface area contributed by atoms with Crippen LogP contribution < -0.4 is 5.32 Å². The Labute approximate surface area is 141 Å². The molecule has 24 heavy (non-hydrogen) atoms. The molecule has 1 N–H and O–H groups in total. The van der Waals surface area contributed by atoms with Crippen molar-refractivity contribution < 1.29 is 9.59 Å². The van der Waals surface area contributed by atoms with E-state index in [1.165, 1.54) is 0 Å². The van der Waals surface area contributed by atoms with Gasteiger partial charge in [-0.1, -0.05) is 19.4 Å². The van der Waals surface area contributed by atoms with E-state index in [9.17, 15) is 9.59 Å². The Morgan fingerprint density at radius 3 is 3.04 bits per heavy atom. The third-order valence-electron chi connectivity index (χ3n) is 4.63. The van der Waals surface area contributed by atoms with Crippen LogP contribution in [0.15, 0.2) is 30.6 Å². The molecular weight excluding hydrogens is 304 g/mol. The van der Waals surface area contributed by atoms with Gasteiger partial charge in [-0.3, -0.25) is 9.59 Å². The predicted molar refractivity (Wildman–Crippen MR) is 91.2 cm³/mol. The van der Waals surface area contributed by atoms with Crippen molar-refractivity contribution in [1.82, 2.24) is 19.6 Å². The Hall–Kier alpha value is -2.37. The van der Waals surface area contributed by atoms with E-state index in [4.69, 9.17) is 0 Å². The van der Waals surface area contributed by atoms with E-state index in [-0.39, 0.29) is 23.8 Å². The second kappa shape index (κ2) is 7.03. The quantitative estimate of drug-likeness (QED) is 0.882. The maximum absolute atomic E-state index is 12.4. The summed E-state index contributed by atoms with van der Waals surface area (Å²) >= 11 is 0. The van der Waals surface area contributed by atoms with Gasteiger partial charge in [0.1, 0.15) is 5.65 Å². The number of fused-ring (bicyclic) bond motifs is 1. The molecule has 0 radical (unpaired) electrons. The first kappa shape index (κ1) is 16.5. The van der Waals surface area contributed by atoms with Crippen molar-refractivity contribution in [3.05, 3.63) is 36.3 Å². The lowest BCUT2D eigenvalue weighted by Gasteiger charge is -2.24. The molecule has 6 nitrogen and oxygen atoms in total. The standard InChI is InChI=1S/C18H24N4O2/c1-3-6-13(2)22-11-14(9-17(22)23)18(24)19-10-15-12-21-8-5-4-7-16(21)20-15/h4-5,7-8,12-14H,3,6,9-11H2,1-2H3,(H,19,24)/t13-,14-/m0/s1. The summed E-state index contributed by atoms with van der Waals surface area (Å²) in [5, 5.41) is 2.92. The summed E-state index contributed by atoms with van der Waals surface area (Å²) < 4.78 is 1.93. The summed E-state index contributed by atoms with van der Waals surface area (Å²) in [6, 6.07) is 6.00. The van der Waals surface area contributed by atoms with Crippen LogP contribution in [0, 0.1) is 5.92 Å². The van der Waals surface area contributed by atoms with Gasteiger partial charge in [-0.05, 0) is 25.5 Å². The van der Waals surface area contributed by atoms with E-state index in [2.05, 4.69) is 24.1 Å². The van der Waals surface area contributed by atoms with Gasteiger partial charge < -0.3 is 14.6 Å². The Kier molecular flexibility index (Phi) is 4.83. The van der Waals surface area contributed by atoms with Crippen molar-refractivity contribution in [2.45, 2.75) is 45.7 Å². The highest BCUT2D eigenvalue weighted by molar-refractivity contribution is 5.89. The average Bonchev–Trinajstić information content (AvgIpc) is 3.16. The second-order valence-electron chi connectivity index (χ2n) is 6.50. The minimum Gasteiger partial charge on any atom is -0.350 e. The fourth-order valence-electron chi connectivity index (χ4n) is 3.30. The third kappa shape index (κ3) is 3.42. The zero-order valence-corrected chi connectivity index (χ0v) is 14.2. The molecule has 1 aliphatic heterocycles. The second-order valence-corrected chi connectivity index (χ2v) is 6.50. The van der Waals surface area contributed by atoms with E-state index in [0.29, 0.717) is 19.5 Å². The summed E-state index contributed by atoms with van der Waals surface area (Å²) in [6.07, 6.45) is 6.16. The highest BCUT2D eigenvalue weighted by Gasteiger charge is 2.36. The zero-order valence-electron chi connectivity index (χ0n) is 14.2. The molecule has 128 valence electrons. The highest BCUT2D eigenvalue weighted by Crippen LogP contribution is 2.22. The number of amides is 2. The minimum atomic E-state index is -0.256. The Morgan fingerprint density at radius 1 is 1.46 bits per heavy atom. The minimum absolute atomic E-state index is 0.0633. The maximum atomic E-state index is 12.4. The van der Waals surface area contributed by atoms with E-state index in [1.807, 2.05) is 39.9 Å². The number of aromatic nitrogens is 2. The molecule has 1 saturated heterocycles. The van der Waals surface area contributed by atoms with Gasteiger partial charge in [0, 0.05) is 31.4 Å². The Balaban J connectivity index is 1.56. The molecule has 2 amide bonds. The molecule has 0 saturated carbocycles. The van der Waals surface area contributed by atoms with Crippen LogP contribution in [0.1, 0.15) is 38.8 Å². The molecule has 2 atom stereocenters. The monoisotopic (exact) mass is 328 g/mol. The molecule has 2 aromatic heterocycles. The van der Waals surface area contributed by atoms with Crippen molar-refractivity contribution in [2.24, 2.45) is 5.92 Å². The number of hydrogen-bond donors (Lipinski definition) is 1. The topological polar surface area (TPSA) is 66.7 Å². The van der Waals surface area contributed by atoms with Gasteiger partial charge in [0.25, 0.3) is 0 Å². The lowest BCUT2D eigenvalue weighted by Crippen LogP contribution is -2.36. The van der Waals surface area contributed by atoms with Gasteiger partial charge in [0.15, 0.2) is 0 Å². The lowest BCUT2D eigenvalue weighted by atomic mass is 10.1. The molecule has 6 heteroatoms. The molecule has 0 unspecified atom stereocenters. The Morgan fingerprint density at radius 2 is 2.29 bits per heavy atom. The number of imidazole rings is 1. The van der Waals surface area contributed by atoms with Crippen LogP contribution in [0.3, 0.4) is 0 Å². The molecule has 3 heterocycles. The summed E-state index contributed by atoms with van der Waals surface area (Å²) in [5.74, 6) is -0.232. The van der Waals surface area contributed by atoms with E-state index in [1.54, 1.807) is 0 Å². The largest absolute Gasteiger partial charge is 0.350 e. The van der Waals surface area contributed by atoms with Gasteiger partial charge >= 0.3 is 0 Å². The number of pyridine rings is 1. The van der Waals surface area contributed by atoms with Gasteiger partial charge in [-0.2, -0.15) is 0 Å². The number of nitrogens with one attached hydrogen (secondary N) is 1. The number of nitrogens with zero attached hydrogens (tertiary/aromatic N) is 3. The summed E-state index contributed by atoms with van der Waals surface area (Å²) in [5.41, 5.74) is 1.67. The molecule has 0 spiro atoms. The van der Waals surface area contributed by atoms with E-state index < -0.39 is 0 Å². The number of carbonyl (C=O) groups excluding carboxylic acids is 2. The van der Waals surface area contributed by atoms with Crippen molar-refractivity contribution in [3.63, 3.8) is 0 Å². The van der Waals surface area contributed by atoms with Crippen LogP contribution >= 0.6 is 0 Å². The first-order valence-electron chi connectivity index (χ1n) is 8.58. The SMILES string of the molecule is CCC[C@H](C)N1C[C@@H](C(=O)NCc2cn3ccccc3n2)CC1=O. The normalized spacial score (nSPS) is 19.0. The van der Waals surface area contributed by atoms with E-state index in [0.717, 1.165) is 24.2 Å². The molecule has 1 fully saturated rings. The molecular formula is C18H24N4O2. The van der Waals surface area contributed by atoms with Crippen LogP contribution in [0.5, 0.6) is 0 Å². The van der Waals surface area contributed by atoms with Crippen molar-refractivity contribution in [1.29, 1.82) is 0 Å². The Bertz CT molecular complexity index is 706. The zero-order chi connectivity index (χ0) is 17.1. The average molecular weight is 328 g/mol. The van der Waals surface area contributed by atoms with Crippen LogP contribution in [0.25, 0.3) is 5.65 Å². The van der Waals surface area contributed by atoms with Crippen molar-refractivity contribution in [3.8, 4) is 0 Å². The highest BCUT2D eigenvalue weighted by atomic mass is 16.2. The summed E-state index contributed by atoms with van der Waals surface area (Å²) in [7, 11) is 0. The summed E-state index contributed by atoms with van der Waals surface area (Å²) in [4.78, 5) is 30.8.